The number of rotatable bonds is 4. The zero-order valence-electron chi connectivity index (χ0n) is 14.0. The predicted molar refractivity (Wildman–Crippen MR) is 101 cm³/mol. The Morgan fingerprint density at radius 1 is 1.19 bits per heavy atom. The van der Waals surface area contributed by atoms with Gasteiger partial charge < -0.3 is 10.2 Å². The maximum atomic E-state index is 13.3. The van der Waals surface area contributed by atoms with E-state index in [1.54, 1.807) is 12.1 Å². The molecule has 1 saturated heterocycles. The largest absolute Gasteiger partial charge is 0.338 e. The minimum Gasteiger partial charge on any atom is -0.338 e. The number of halogens is 1. The van der Waals surface area contributed by atoms with Crippen LogP contribution >= 0.6 is 11.3 Å². The van der Waals surface area contributed by atoms with Gasteiger partial charge in [-0.15, -0.1) is 11.3 Å². The number of thiophene rings is 1. The van der Waals surface area contributed by atoms with Gasteiger partial charge in [-0.25, -0.2) is 4.39 Å². The monoisotopic (exact) mass is 368 g/mol. The molecule has 2 amide bonds. The number of hydrogen-bond acceptors (Lipinski definition) is 3. The average Bonchev–Trinajstić information content (AvgIpc) is 3.21. The van der Waals surface area contributed by atoms with Crippen molar-refractivity contribution >= 4 is 38.9 Å². The number of carbonyl (C=O) groups is 2. The van der Waals surface area contributed by atoms with Gasteiger partial charge in [0.05, 0.1) is 4.88 Å². The first-order valence-electron chi connectivity index (χ1n) is 8.46. The van der Waals surface area contributed by atoms with E-state index in [4.69, 9.17) is 0 Å². The fourth-order valence-electron chi connectivity index (χ4n) is 3.16. The van der Waals surface area contributed by atoms with Crippen molar-refractivity contribution in [3.8, 4) is 0 Å². The second-order valence-electron chi connectivity index (χ2n) is 6.37. The Hall–Kier alpha value is -2.73. The van der Waals surface area contributed by atoms with Gasteiger partial charge in [0.25, 0.3) is 5.91 Å². The third-order valence-corrected chi connectivity index (χ3v) is 5.55. The second kappa shape index (κ2) is 6.88. The fraction of sp³-hybridized carbons (Fsp3) is 0.200. The highest BCUT2D eigenvalue weighted by Crippen LogP contribution is 2.27. The molecule has 1 aliphatic rings. The number of likely N-dealkylation sites (tertiary alicyclic amines) is 1. The molecule has 3 aromatic rings. The van der Waals surface area contributed by atoms with E-state index in [-0.39, 0.29) is 17.6 Å². The molecule has 4 rings (SSSR count). The van der Waals surface area contributed by atoms with Crippen LogP contribution in [0.15, 0.2) is 48.5 Å². The van der Waals surface area contributed by atoms with Crippen LogP contribution in [0, 0.1) is 5.82 Å². The molecule has 0 saturated carbocycles. The Bertz CT molecular complexity index is 998. The molecule has 0 bridgehead atoms. The van der Waals surface area contributed by atoms with Crippen LogP contribution in [0.25, 0.3) is 10.1 Å². The molecule has 0 atom stereocenters. The van der Waals surface area contributed by atoms with Crippen LogP contribution in [0.4, 0.5) is 10.1 Å². The van der Waals surface area contributed by atoms with Gasteiger partial charge in [0.15, 0.2) is 0 Å². The van der Waals surface area contributed by atoms with Crippen molar-refractivity contribution in [1.82, 2.24) is 4.90 Å². The maximum absolute atomic E-state index is 13.3. The molecule has 2 heterocycles. The Balaban J connectivity index is 1.49. The molecule has 0 unspecified atom stereocenters. The van der Waals surface area contributed by atoms with Crippen molar-refractivity contribution in [2.24, 2.45) is 0 Å². The van der Waals surface area contributed by atoms with Gasteiger partial charge in [0, 0.05) is 29.9 Å². The smallest absolute Gasteiger partial charge is 0.265 e. The van der Waals surface area contributed by atoms with E-state index in [0.717, 1.165) is 28.6 Å². The summed E-state index contributed by atoms with van der Waals surface area (Å²) in [6.07, 6.45) is 1.52. The van der Waals surface area contributed by atoms with Crippen LogP contribution in [-0.2, 0) is 11.3 Å². The van der Waals surface area contributed by atoms with Gasteiger partial charge in [-0.05, 0) is 53.8 Å². The Labute approximate surface area is 154 Å². The standard InChI is InChI=1S/C20H17FN2O2S/c21-15-6-7-17-14(10-15)11-18(26-17)20(25)22-16-4-1-3-13(9-16)12-23-8-2-5-19(23)24/h1,3-4,6-7,9-11H,2,5,8,12H2,(H,22,25). The summed E-state index contributed by atoms with van der Waals surface area (Å²) in [6, 6.07) is 13.7. The van der Waals surface area contributed by atoms with Crippen molar-refractivity contribution in [3.63, 3.8) is 0 Å². The van der Waals surface area contributed by atoms with Crippen LogP contribution in [-0.4, -0.2) is 23.3 Å². The Kier molecular flexibility index (Phi) is 4.42. The van der Waals surface area contributed by atoms with Crippen molar-refractivity contribution in [2.45, 2.75) is 19.4 Å². The lowest BCUT2D eigenvalue weighted by Gasteiger charge is -2.16. The highest BCUT2D eigenvalue weighted by atomic mass is 32.1. The Morgan fingerprint density at radius 2 is 2.08 bits per heavy atom. The summed E-state index contributed by atoms with van der Waals surface area (Å²) in [6.45, 7) is 1.35. The first kappa shape index (κ1) is 16.7. The molecule has 1 aliphatic heterocycles. The van der Waals surface area contributed by atoms with Gasteiger partial charge in [0.1, 0.15) is 5.82 Å². The SMILES string of the molecule is O=C(Nc1cccc(CN2CCCC2=O)c1)c1cc2cc(F)ccc2s1. The van der Waals surface area contributed by atoms with E-state index in [9.17, 15) is 14.0 Å². The third kappa shape index (κ3) is 3.46. The molecule has 4 nitrogen and oxygen atoms in total. The van der Waals surface area contributed by atoms with Gasteiger partial charge in [-0.1, -0.05) is 12.1 Å². The molecular weight excluding hydrogens is 351 g/mol. The summed E-state index contributed by atoms with van der Waals surface area (Å²) in [7, 11) is 0. The van der Waals surface area contributed by atoms with Crippen LogP contribution in [0.5, 0.6) is 0 Å². The van der Waals surface area contributed by atoms with Gasteiger partial charge in [0.2, 0.25) is 5.91 Å². The Morgan fingerprint density at radius 3 is 2.88 bits per heavy atom. The molecule has 1 fully saturated rings. The lowest BCUT2D eigenvalue weighted by molar-refractivity contribution is -0.128. The predicted octanol–water partition coefficient (Wildman–Crippen LogP) is 4.42. The number of anilines is 1. The van der Waals surface area contributed by atoms with Gasteiger partial charge >= 0.3 is 0 Å². The lowest BCUT2D eigenvalue weighted by Crippen LogP contribution is -2.23. The number of amides is 2. The summed E-state index contributed by atoms with van der Waals surface area (Å²) in [5.74, 6) is -0.357. The van der Waals surface area contributed by atoms with E-state index in [1.165, 1.54) is 23.5 Å². The normalized spacial score (nSPS) is 14.2. The molecule has 132 valence electrons. The molecular formula is C20H17FN2O2S. The highest BCUT2D eigenvalue weighted by Gasteiger charge is 2.20. The highest BCUT2D eigenvalue weighted by molar-refractivity contribution is 7.20. The topological polar surface area (TPSA) is 49.4 Å². The molecule has 2 aromatic carbocycles. The number of nitrogens with one attached hydrogen (secondary N) is 1. The van der Waals surface area contributed by atoms with E-state index in [2.05, 4.69) is 5.32 Å². The minimum absolute atomic E-state index is 0.178. The molecule has 0 aliphatic carbocycles. The summed E-state index contributed by atoms with van der Waals surface area (Å²) >= 11 is 1.33. The lowest BCUT2D eigenvalue weighted by atomic mass is 10.2. The van der Waals surface area contributed by atoms with Gasteiger partial charge in [-0.3, -0.25) is 9.59 Å². The summed E-state index contributed by atoms with van der Waals surface area (Å²) in [5, 5.41) is 3.61. The van der Waals surface area contributed by atoms with E-state index in [1.807, 2.05) is 29.2 Å². The summed E-state index contributed by atoms with van der Waals surface area (Å²) < 4.78 is 14.2. The number of fused-ring (bicyclic) bond motifs is 1. The maximum Gasteiger partial charge on any atom is 0.265 e. The number of benzene rings is 2. The first-order chi connectivity index (χ1) is 12.6. The third-order valence-electron chi connectivity index (χ3n) is 4.43. The molecule has 26 heavy (non-hydrogen) atoms. The van der Waals surface area contributed by atoms with Crippen molar-refractivity contribution in [2.75, 3.05) is 11.9 Å². The van der Waals surface area contributed by atoms with Gasteiger partial charge in [-0.2, -0.15) is 0 Å². The van der Waals surface area contributed by atoms with E-state index in [0.29, 0.717) is 23.5 Å². The van der Waals surface area contributed by atoms with E-state index < -0.39 is 0 Å². The zero-order valence-corrected chi connectivity index (χ0v) is 14.8. The van der Waals surface area contributed by atoms with Crippen LogP contribution in [0.1, 0.15) is 28.1 Å². The van der Waals surface area contributed by atoms with E-state index >= 15 is 0 Å². The molecule has 1 aromatic heterocycles. The zero-order chi connectivity index (χ0) is 18.1. The molecule has 1 N–H and O–H groups in total. The van der Waals surface area contributed by atoms with Crippen molar-refractivity contribution in [1.29, 1.82) is 0 Å². The fourth-order valence-corrected chi connectivity index (χ4v) is 4.10. The number of nitrogens with zero attached hydrogens (tertiary/aromatic N) is 1. The van der Waals surface area contributed by atoms with Crippen LogP contribution in [0.2, 0.25) is 0 Å². The summed E-state index contributed by atoms with van der Waals surface area (Å²) in [5.41, 5.74) is 1.67. The number of carbonyl (C=O) groups excluding carboxylic acids is 2. The van der Waals surface area contributed by atoms with Crippen LogP contribution in [0.3, 0.4) is 0 Å². The average molecular weight is 368 g/mol. The van der Waals surface area contributed by atoms with Crippen LogP contribution < -0.4 is 5.32 Å². The minimum atomic E-state index is -0.314. The molecule has 0 spiro atoms. The quantitative estimate of drug-likeness (QED) is 0.741. The number of hydrogen-bond donors (Lipinski definition) is 1. The molecule has 0 radical (unpaired) electrons. The second-order valence-corrected chi connectivity index (χ2v) is 7.45. The van der Waals surface area contributed by atoms with Crippen molar-refractivity contribution in [3.05, 3.63) is 64.8 Å². The summed E-state index contributed by atoms with van der Waals surface area (Å²) in [4.78, 5) is 26.7. The first-order valence-corrected chi connectivity index (χ1v) is 9.27. The van der Waals surface area contributed by atoms with Crippen molar-refractivity contribution < 1.29 is 14.0 Å². The molecule has 6 heteroatoms.